The SMILES string of the molecule is Cc1cc2c(ccc3cnn(CCN)c32)s1.O=C(O)C=CC(=O)O. The zero-order valence-electron chi connectivity index (χ0n) is 13.0. The average Bonchev–Trinajstić information content (AvgIpc) is 3.08. The molecule has 0 atom stereocenters. The van der Waals surface area contributed by atoms with E-state index in [1.807, 2.05) is 22.2 Å². The molecule has 0 bridgehead atoms. The minimum Gasteiger partial charge on any atom is -0.478 e. The van der Waals surface area contributed by atoms with Crippen LogP contribution in [0.2, 0.25) is 0 Å². The van der Waals surface area contributed by atoms with E-state index in [2.05, 4.69) is 30.2 Å². The molecule has 3 rings (SSSR count). The highest BCUT2D eigenvalue weighted by atomic mass is 32.1. The molecule has 0 fully saturated rings. The summed E-state index contributed by atoms with van der Waals surface area (Å²) in [5.41, 5.74) is 6.82. The van der Waals surface area contributed by atoms with Crippen molar-refractivity contribution in [2.75, 3.05) is 6.54 Å². The molecule has 4 N–H and O–H groups in total. The Balaban J connectivity index is 0.000000224. The number of nitrogens with two attached hydrogens (primary N) is 1. The maximum atomic E-state index is 9.55. The fourth-order valence-electron chi connectivity index (χ4n) is 2.26. The van der Waals surface area contributed by atoms with Crippen molar-refractivity contribution in [1.29, 1.82) is 0 Å². The molecule has 126 valence electrons. The summed E-state index contributed by atoms with van der Waals surface area (Å²) in [5.74, 6) is -2.51. The molecule has 2 heterocycles. The van der Waals surface area contributed by atoms with E-state index < -0.39 is 11.9 Å². The second-order valence-electron chi connectivity index (χ2n) is 4.94. The van der Waals surface area contributed by atoms with E-state index in [1.165, 1.54) is 25.9 Å². The number of hydrogen-bond donors (Lipinski definition) is 3. The van der Waals surface area contributed by atoms with Crippen LogP contribution in [0.4, 0.5) is 0 Å². The number of hydrogen-bond acceptors (Lipinski definition) is 5. The van der Waals surface area contributed by atoms with Gasteiger partial charge in [0, 0.05) is 39.0 Å². The highest BCUT2D eigenvalue weighted by molar-refractivity contribution is 7.19. The summed E-state index contributed by atoms with van der Waals surface area (Å²) < 4.78 is 3.33. The summed E-state index contributed by atoms with van der Waals surface area (Å²) in [6, 6.07) is 6.54. The highest BCUT2D eigenvalue weighted by Crippen LogP contribution is 2.31. The van der Waals surface area contributed by atoms with Gasteiger partial charge in [0.15, 0.2) is 0 Å². The molecule has 0 aliphatic heterocycles. The molecule has 8 heteroatoms. The van der Waals surface area contributed by atoms with Crippen molar-refractivity contribution in [3.63, 3.8) is 0 Å². The van der Waals surface area contributed by atoms with Crippen molar-refractivity contribution in [2.24, 2.45) is 5.73 Å². The Hall–Kier alpha value is -2.71. The van der Waals surface area contributed by atoms with Crippen molar-refractivity contribution in [3.05, 3.63) is 41.4 Å². The number of benzene rings is 1. The maximum Gasteiger partial charge on any atom is 0.328 e. The van der Waals surface area contributed by atoms with Crippen LogP contribution in [0.1, 0.15) is 4.88 Å². The standard InChI is InChI=1S/C12H13N3S.C4H4O4/c1-8-6-10-11(16-8)3-2-9-7-14-15(5-4-13)12(9)10;5-3(6)1-2-4(7)8/h2-3,6-7H,4-5,13H2,1H3;1-2H,(H,5,6)(H,7,8). The monoisotopic (exact) mass is 347 g/mol. The Bertz CT molecular complexity index is 895. The van der Waals surface area contributed by atoms with Crippen LogP contribution in [0.25, 0.3) is 21.0 Å². The predicted molar refractivity (Wildman–Crippen MR) is 93.3 cm³/mol. The van der Waals surface area contributed by atoms with E-state index in [9.17, 15) is 9.59 Å². The fraction of sp³-hybridized carbons (Fsp3) is 0.188. The summed E-state index contributed by atoms with van der Waals surface area (Å²) in [7, 11) is 0. The van der Waals surface area contributed by atoms with Gasteiger partial charge < -0.3 is 15.9 Å². The van der Waals surface area contributed by atoms with Crippen molar-refractivity contribution < 1.29 is 19.8 Å². The average molecular weight is 347 g/mol. The van der Waals surface area contributed by atoms with E-state index in [-0.39, 0.29) is 0 Å². The number of nitrogens with zero attached hydrogens (tertiary/aromatic N) is 2. The van der Waals surface area contributed by atoms with Crippen LogP contribution in [0, 0.1) is 6.92 Å². The topological polar surface area (TPSA) is 118 Å². The number of rotatable bonds is 4. The molecule has 0 unspecified atom stereocenters. The van der Waals surface area contributed by atoms with Crippen LogP contribution in [0.15, 0.2) is 36.5 Å². The van der Waals surface area contributed by atoms with Crippen LogP contribution in [-0.2, 0) is 16.1 Å². The molecule has 24 heavy (non-hydrogen) atoms. The van der Waals surface area contributed by atoms with Crippen LogP contribution in [-0.4, -0.2) is 38.5 Å². The molecule has 0 amide bonds. The van der Waals surface area contributed by atoms with E-state index >= 15 is 0 Å². The molecule has 0 spiro atoms. The first-order chi connectivity index (χ1) is 11.4. The van der Waals surface area contributed by atoms with Gasteiger partial charge in [0.25, 0.3) is 0 Å². The minimum absolute atomic E-state index is 0.558. The lowest BCUT2D eigenvalue weighted by Crippen LogP contribution is -2.10. The summed E-state index contributed by atoms with van der Waals surface area (Å²) in [6.07, 6.45) is 3.03. The number of aliphatic carboxylic acids is 2. The van der Waals surface area contributed by atoms with Gasteiger partial charge in [-0.15, -0.1) is 11.3 Å². The molecular formula is C16H17N3O4S. The van der Waals surface area contributed by atoms with Gasteiger partial charge >= 0.3 is 11.9 Å². The van der Waals surface area contributed by atoms with Crippen molar-refractivity contribution in [2.45, 2.75) is 13.5 Å². The molecule has 0 aliphatic carbocycles. The molecular weight excluding hydrogens is 330 g/mol. The van der Waals surface area contributed by atoms with E-state index in [4.69, 9.17) is 15.9 Å². The number of carboxylic acid groups (broad SMARTS) is 2. The third kappa shape index (κ3) is 4.18. The Morgan fingerprint density at radius 2 is 1.96 bits per heavy atom. The largest absolute Gasteiger partial charge is 0.478 e. The minimum atomic E-state index is -1.26. The normalized spacial score (nSPS) is 10.9. The van der Waals surface area contributed by atoms with E-state index in [1.54, 1.807) is 0 Å². The quantitative estimate of drug-likeness (QED) is 0.623. The fourth-order valence-corrected chi connectivity index (χ4v) is 3.18. The van der Waals surface area contributed by atoms with Crippen LogP contribution >= 0.6 is 11.3 Å². The third-order valence-electron chi connectivity index (χ3n) is 3.13. The summed E-state index contributed by atoms with van der Waals surface area (Å²) >= 11 is 1.82. The van der Waals surface area contributed by atoms with Gasteiger partial charge in [-0.3, -0.25) is 4.68 Å². The summed E-state index contributed by atoms with van der Waals surface area (Å²) in [5, 5.41) is 22.5. The van der Waals surface area contributed by atoms with Gasteiger partial charge in [0.1, 0.15) is 0 Å². The number of fused-ring (bicyclic) bond motifs is 3. The summed E-state index contributed by atoms with van der Waals surface area (Å²) in [6.45, 7) is 3.54. The first-order valence-electron chi connectivity index (χ1n) is 7.11. The lowest BCUT2D eigenvalue weighted by atomic mass is 10.2. The molecule has 0 saturated carbocycles. The predicted octanol–water partition coefficient (Wildman–Crippen LogP) is 2.23. The van der Waals surface area contributed by atoms with E-state index in [0.29, 0.717) is 18.7 Å². The molecule has 0 saturated heterocycles. The zero-order chi connectivity index (χ0) is 17.7. The second kappa shape index (κ2) is 7.71. The van der Waals surface area contributed by atoms with Gasteiger partial charge in [0.2, 0.25) is 0 Å². The molecule has 7 nitrogen and oxygen atoms in total. The second-order valence-corrected chi connectivity index (χ2v) is 6.23. The zero-order valence-corrected chi connectivity index (χ0v) is 13.8. The Kier molecular flexibility index (Phi) is 5.67. The van der Waals surface area contributed by atoms with Crippen LogP contribution in [0.5, 0.6) is 0 Å². The summed E-state index contributed by atoms with van der Waals surface area (Å²) in [4.78, 5) is 20.4. The smallest absolute Gasteiger partial charge is 0.328 e. The Morgan fingerprint density at radius 3 is 2.54 bits per heavy atom. The first-order valence-corrected chi connectivity index (χ1v) is 7.92. The Labute approximate surface area is 141 Å². The Morgan fingerprint density at radius 1 is 1.29 bits per heavy atom. The van der Waals surface area contributed by atoms with Crippen LogP contribution in [0.3, 0.4) is 0 Å². The number of aryl methyl sites for hydroxylation is 1. The highest BCUT2D eigenvalue weighted by Gasteiger charge is 2.08. The van der Waals surface area contributed by atoms with Gasteiger partial charge in [-0.25, -0.2) is 9.59 Å². The molecule has 3 aromatic rings. The first kappa shape index (κ1) is 17.6. The molecule has 0 aliphatic rings. The number of aromatic nitrogens is 2. The maximum absolute atomic E-state index is 9.55. The van der Waals surface area contributed by atoms with Gasteiger partial charge in [-0.05, 0) is 25.1 Å². The van der Waals surface area contributed by atoms with Crippen molar-refractivity contribution in [1.82, 2.24) is 9.78 Å². The van der Waals surface area contributed by atoms with Gasteiger partial charge in [-0.2, -0.15) is 5.10 Å². The van der Waals surface area contributed by atoms with Gasteiger partial charge in [-0.1, -0.05) is 0 Å². The van der Waals surface area contributed by atoms with Gasteiger partial charge in [0.05, 0.1) is 18.3 Å². The van der Waals surface area contributed by atoms with Crippen LogP contribution < -0.4 is 5.73 Å². The molecule has 1 aromatic carbocycles. The third-order valence-corrected chi connectivity index (χ3v) is 4.15. The number of thiophene rings is 1. The van der Waals surface area contributed by atoms with Crippen molar-refractivity contribution in [3.8, 4) is 0 Å². The van der Waals surface area contributed by atoms with E-state index in [0.717, 1.165) is 6.54 Å². The lowest BCUT2D eigenvalue weighted by Gasteiger charge is -2.01. The van der Waals surface area contributed by atoms with Crippen molar-refractivity contribution >= 4 is 44.3 Å². The number of carbonyl (C=O) groups is 2. The molecule has 0 radical (unpaired) electrons. The number of carboxylic acids is 2. The lowest BCUT2D eigenvalue weighted by molar-refractivity contribution is -0.134. The molecule has 2 aromatic heterocycles.